The van der Waals surface area contributed by atoms with Crippen LogP contribution in [0, 0.1) is 5.92 Å². The van der Waals surface area contributed by atoms with Gasteiger partial charge < -0.3 is 20.3 Å². The Morgan fingerprint density at radius 3 is 2.75 bits per heavy atom. The van der Waals surface area contributed by atoms with Crippen molar-refractivity contribution in [3.8, 4) is 11.5 Å². The van der Waals surface area contributed by atoms with Crippen LogP contribution in [-0.4, -0.2) is 49.4 Å². The molecule has 2 aliphatic rings. The molecule has 2 aromatic carbocycles. The van der Waals surface area contributed by atoms with E-state index >= 15 is 0 Å². The lowest BCUT2D eigenvalue weighted by molar-refractivity contribution is 0.0949. The number of fused-ring (bicyclic) bond motifs is 2. The molecule has 146 valence electrons. The van der Waals surface area contributed by atoms with Crippen LogP contribution in [0.2, 0.25) is 0 Å². The Hall–Kier alpha value is -2.86. The number of aliphatic imine (C=N–C) groups is 1. The summed E-state index contributed by atoms with van der Waals surface area (Å²) in [5, 5.41) is 6.34. The molecule has 0 aromatic heterocycles. The Kier molecular flexibility index (Phi) is 5.30. The Morgan fingerprint density at radius 1 is 1.18 bits per heavy atom. The zero-order valence-corrected chi connectivity index (χ0v) is 16.4. The van der Waals surface area contributed by atoms with E-state index in [-0.39, 0.29) is 5.91 Å². The maximum atomic E-state index is 12.5. The van der Waals surface area contributed by atoms with E-state index in [4.69, 9.17) is 9.73 Å². The van der Waals surface area contributed by atoms with Gasteiger partial charge in [0.1, 0.15) is 17.3 Å². The minimum atomic E-state index is -0.0859. The molecule has 1 fully saturated rings. The largest absolute Gasteiger partial charge is 0.454 e. The molecule has 1 amide bonds. The van der Waals surface area contributed by atoms with E-state index in [0.29, 0.717) is 29.5 Å². The van der Waals surface area contributed by atoms with Crippen LogP contribution >= 0.6 is 0 Å². The molecule has 2 aromatic rings. The molecule has 28 heavy (non-hydrogen) atoms. The Morgan fingerprint density at radius 2 is 1.96 bits per heavy atom. The predicted octanol–water partition coefficient (Wildman–Crippen LogP) is 3.16. The smallest absolute Gasteiger partial charge is 0.251 e. The average molecular weight is 378 g/mol. The van der Waals surface area contributed by atoms with Crippen LogP contribution in [0.5, 0.6) is 11.5 Å². The van der Waals surface area contributed by atoms with Crippen molar-refractivity contribution in [2.75, 3.05) is 32.7 Å². The van der Waals surface area contributed by atoms with Gasteiger partial charge in [-0.1, -0.05) is 26.0 Å². The minimum absolute atomic E-state index is 0.0859. The van der Waals surface area contributed by atoms with Crippen molar-refractivity contribution in [1.29, 1.82) is 0 Å². The van der Waals surface area contributed by atoms with Crippen LogP contribution in [0.3, 0.4) is 0 Å². The van der Waals surface area contributed by atoms with Crippen LogP contribution in [0.1, 0.15) is 29.8 Å². The summed E-state index contributed by atoms with van der Waals surface area (Å²) >= 11 is 0. The minimum Gasteiger partial charge on any atom is -0.454 e. The van der Waals surface area contributed by atoms with Gasteiger partial charge in [-0.05, 0) is 36.2 Å². The molecule has 4 rings (SSSR count). The number of benzene rings is 2. The molecule has 2 aliphatic heterocycles. The summed E-state index contributed by atoms with van der Waals surface area (Å²) in [6.45, 7) is 8.42. The average Bonchev–Trinajstić information content (AvgIpc) is 2.88. The number of hydrogen-bond donors (Lipinski definition) is 2. The van der Waals surface area contributed by atoms with Crippen molar-refractivity contribution in [3.05, 3.63) is 53.6 Å². The van der Waals surface area contributed by atoms with E-state index in [9.17, 15) is 4.79 Å². The second-order valence-corrected chi connectivity index (χ2v) is 7.56. The maximum absolute atomic E-state index is 12.5. The van der Waals surface area contributed by atoms with Gasteiger partial charge >= 0.3 is 0 Å². The number of amides is 1. The van der Waals surface area contributed by atoms with Gasteiger partial charge in [0.2, 0.25) is 0 Å². The second-order valence-electron chi connectivity index (χ2n) is 7.56. The SMILES string of the molecule is CC(C)CNC(=O)c1ccc2c(c1)N=C(N1CCNCC1)c1ccccc1O2. The number of para-hydroxylation sites is 1. The lowest BCUT2D eigenvalue weighted by atomic mass is 10.1. The van der Waals surface area contributed by atoms with Gasteiger partial charge in [-0.2, -0.15) is 0 Å². The van der Waals surface area contributed by atoms with Crippen LogP contribution in [0.15, 0.2) is 47.5 Å². The summed E-state index contributed by atoms with van der Waals surface area (Å²) in [4.78, 5) is 19.7. The molecule has 0 bridgehead atoms. The molecule has 6 heteroatoms. The first-order valence-corrected chi connectivity index (χ1v) is 9.85. The fourth-order valence-electron chi connectivity index (χ4n) is 3.38. The molecule has 0 spiro atoms. The number of nitrogens with zero attached hydrogens (tertiary/aromatic N) is 2. The molecular formula is C22H26N4O2. The van der Waals surface area contributed by atoms with Crippen LogP contribution in [-0.2, 0) is 0 Å². The number of hydrogen-bond acceptors (Lipinski definition) is 5. The zero-order valence-electron chi connectivity index (χ0n) is 16.4. The highest BCUT2D eigenvalue weighted by atomic mass is 16.5. The van der Waals surface area contributed by atoms with Crippen molar-refractivity contribution < 1.29 is 9.53 Å². The monoisotopic (exact) mass is 378 g/mol. The van der Waals surface area contributed by atoms with E-state index in [1.165, 1.54) is 0 Å². The highest BCUT2D eigenvalue weighted by Gasteiger charge is 2.24. The number of piperazine rings is 1. The summed E-state index contributed by atoms with van der Waals surface area (Å²) in [7, 11) is 0. The molecule has 2 N–H and O–H groups in total. The van der Waals surface area contributed by atoms with Gasteiger partial charge in [-0.3, -0.25) is 4.79 Å². The molecule has 0 atom stereocenters. The summed E-state index contributed by atoms with van der Waals surface area (Å²) in [6.07, 6.45) is 0. The molecule has 1 saturated heterocycles. The van der Waals surface area contributed by atoms with Crippen molar-refractivity contribution in [2.45, 2.75) is 13.8 Å². The van der Waals surface area contributed by atoms with Crippen molar-refractivity contribution in [1.82, 2.24) is 15.5 Å². The van der Waals surface area contributed by atoms with Crippen molar-refractivity contribution >= 4 is 17.4 Å². The molecule has 0 aliphatic carbocycles. The third-order valence-electron chi connectivity index (χ3n) is 4.88. The quantitative estimate of drug-likeness (QED) is 0.861. The number of carbonyl (C=O) groups excluding carboxylic acids is 1. The van der Waals surface area contributed by atoms with E-state index in [1.54, 1.807) is 6.07 Å². The lowest BCUT2D eigenvalue weighted by Crippen LogP contribution is -2.46. The number of carbonyl (C=O) groups is 1. The van der Waals surface area contributed by atoms with Crippen LogP contribution in [0.4, 0.5) is 5.69 Å². The third-order valence-corrected chi connectivity index (χ3v) is 4.88. The van der Waals surface area contributed by atoms with Crippen LogP contribution < -0.4 is 15.4 Å². The van der Waals surface area contributed by atoms with Gasteiger partial charge in [0.05, 0.1) is 5.56 Å². The molecule has 0 unspecified atom stereocenters. The van der Waals surface area contributed by atoms with Gasteiger partial charge in [0.15, 0.2) is 5.75 Å². The first-order chi connectivity index (χ1) is 13.6. The maximum Gasteiger partial charge on any atom is 0.251 e. The van der Waals surface area contributed by atoms with Crippen molar-refractivity contribution in [2.24, 2.45) is 10.9 Å². The van der Waals surface area contributed by atoms with E-state index in [2.05, 4.69) is 29.4 Å². The van der Waals surface area contributed by atoms with E-state index < -0.39 is 0 Å². The van der Waals surface area contributed by atoms with Gasteiger partial charge in [0, 0.05) is 38.3 Å². The summed E-state index contributed by atoms with van der Waals surface area (Å²) < 4.78 is 6.17. The highest BCUT2D eigenvalue weighted by Crippen LogP contribution is 2.38. The zero-order chi connectivity index (χ0) is 19.5. The third kappa shape index (κ3) is 3.87. The Balaban J connectivity index is 1.72. The van der Waals surface area contributed by atoms with Crippen molar-refractivity contribution in [3.63, 3.8) is 0 Å². The highest BCUT2D eigenvalue weighted by molar-refractivity contribution is 6.04. The van der Waals surface area contributed by atoms with E-state index in [0.717, 1.165) is 43.3 Å². The number of amidine groups is 1. The molecule has 6 nitrogen and oxygen atoms in total. The van der Waals surface area contributed by atoms with Gasteiger partial charge in [0.25, 0.3) is 5.91 Å². The first kappa shape index (κ1) is 18.5. The topological polar surface area (TPSA) is 66.0 Å². The summed E-state index contributed by atoms with van der Waals surface area (Å²) in [5.41, 5.74) is 2.26. The van der Waals surface area contributed by atoms with Gasteiger partial charge in [-0.25, -0.2) is 4.99 Å². The summed E-state index contributed by atoms with van der Waals surface area (Å²) in [6, 6.07) is 13.4. The molecule has 0 saturated carbocycles. The molecule has 2 heterocycles. The molecular weight excluding hydrogens is 352 g/mol. The second kappa shape index (κ2) is 8.02. The van der Waals surface area contributed by atoms with Gasteiger partial charge in [-0.15, -0.1) is 0 Å². The predicted molar refractivity (Wildman–Crippen MR) is 111 cm³/mol. The summed E-state index contributed by atoms with van der Waals surface area (Å²) in [5.74, 6) is 2.67. The number of ether oxygens (including phenoxy) is 1. The van der Waals surface area contributed by atoms with E-state index in [1.807, 2.05) is 36.4 Å². The fraction of sp³-hybridized carbons (Fsp3) is 0.364. The number of nitrogens with one attached hydrogen (secondary N) is 2. The standard InChI is InChI=1S/C22H26N4O2/c1-15(2)14-24-22(27)16-7-8-20-18(13-16)25-21(26-11-9-23-10-12-26)17-5-3-4-6-19(17)28-20/h3-8,13,15,23H,9-12,14H2,1-2H3,(H,24,27). The fourth-order valence-corrected chi connectivity index (χ4v) is 3.38. The lowest BCUT2D eigenvalue weighted by Gasteiger charge is -2.30. The first-order valence-electron chi connectivity index (χ1n) is 9.85. The van der Waals surface area contributed by atoms with Crippen LogP contribution in [0.25, 0.3) is 0 Å². The Labute approximate surface area is 165 Å². The number of rotatable bonds is 3. The molecule has 0 radical (unpaired) electrons. The Bertz CT molecular complexity index is 901. The normalized spacial score (nSPS) is 15.8.